The zero-order chi connectivity index (χ0) is 92.9. The van der Waals surface area contributed by atoms with Crippen LogP contribution in [0.15, 0.2) is 157 Å². The van der Waals surface area contributed by atoms with E-state index in [9.17, 15) is 64.2 Å². The van der Waals surface area contributed by atoms with Crippen molar-refractivity contribution in [2.75, 3.05) is 24.7 Å². The summed E-state index contributed by atoms with van der Waals surface area (Å²) in [7, 11) is 1.81. The fraction of sp³-hybridized carbons (Fsp3) is 0.484. The van der Waals surface area contributed by atoms with E-state index in [1.807, 2.05) is 0 Å². The van der Waals surface area contributed by atoms with Crippen molar-refractivity contribution < 1.29 is 205 Å². The number of aromatic amines is 1. The molecular formula is C91H113Ac2N11O24S2. The van der Waals surface area contributed by atoms with E-state index in [-0.39, 0.29) is 173 Å². The zero-order valence-corrected chi connectivity index (χ0v) is 84.5. The molecule has 19 atom stereocenters. The van der Waals surface area contributed by atoms with Gasteiger partial charge in [0.2, 0.25) is 53.4 Å². The van der Waals surface area contributed by atoms with E-state index in [2.05, 4.69) is 47.5 Å². The number of ether oxygens (including phenoxy) is 5. The third kappa shape index (κ3) is 25.2. The molecule has 6 aromatic rings. The summed E-state index contributed by atoms with van der Waals surface area (Å²) in [4.78, 5) is 195. The Morgan fingerprint density at radius 2 is 1.31 bits per heavy atom. The maximum atomic E-state index is 15.7. The van der Waals surface area contributed by atoms with Gasteiger partial charge in [-0.2, -0.15) is 0 Å². The Morgan fingerprint density at radius 3 is 1.94 bits per heavy atom. The number of carbonyl (C=O) groups excluding carboxylic acids is 13. The van der Waals surface area contributed by atoms with E-state index in [4.69, 9.17) is 35.2 Å². The number of Topliss-reactive ketones (excluding diaryl/α,β-unsaturated/α-hetero) is 1. The molecule has 3 heterocycles. The minimum atomic E-state index is -2.56. The molecular weight excluding hydrogens is 2150 g/mol. The number of nitrogens with two attached hydrogens (primary N) is 2. The second-order valence-electron chi connectivity index (χ2n) is 34.9. The molecule has 1 aromatic heterocycles. The number of hydrogen-bond acceptors (Lipinski definition) is 27. The van der Waals surface area contributed by atoms with Crippen molar-refractivity contribution in [1.82, 2.24) is 47.5 Å². The van der Waals surface area contributed by atoms with E-state index in [0.29, 0.717) is 40.4 Å². The molecule has 4 fully saturated rings. The number of carbonyl (C=O) groups is 13. The maximum absolute atomic E-state index is 15.7. The Kier molecular flexibility index (Phi) is 37.3. The molecule has 11 rings (SSSR count). The average molecular weight is 2260 g/mol. The number of unbranched alkanes of at least 4 members (excludes halogenated alkanes) is 1. The van der Waals surface area contributed by atoms with Crippen LogP contribution < -0.4 is 54.0 Å². The fourth-order valence-corrected chi connectivity index (χ4v) is 19.7. The van der Waals surface area contributed by atoms with Crippen molar-refractivity contribution in [3.05, 3.63) is 185 Å². The molecule has 130 heavy (non-hydrogen) atoms. The second kappa shape index (κ2) is 46.0. The smallest absolute Gasteiger partial charge is 0.408 e. The first-order valence-electron chi connectivity index (χ1n) is 42.4. The molecule has 35 nitrogen and oxygen atoms in total. The summed E-state index contributed by atoms with van der Waals surface area (Å²) in [6, 6.07) is 24.0. The number of primary amides is 1. The van der Waals surface area contributed by atoms with Crippen molar-refractivity contribution in [3.8, 4) is 5.75 Å². The number of aliphatic hydroxyl groups is 5. The van der Waals surface area contributed by atoms with Gasteiger partial charge < -0.3 is 113 Å². The number of phenols is 1. The molecule has 5 aromatic carbocycles. The van der Waals surface area contributed by atoms with Gasteiger partial charge in [-0.1, -0.05) is 145 Å². The number of phenolic OH excluding ortho intramolecular Hbond substituents is 1. The van der Waals surface area contributed by atoms with Gasteiger partial charge in [0.05, 0.1) is 35.9 Å². The zero-order valence-electron chi connectivity index (χ0n) is 73.4. The minimum Gasteiger partial charge on any atom is -0.508 e. The SMILES string of the molecule is CC1=C2[C@@H](O)C(=O)[C@@]3(C)[C@H]([C@H](OC(=O)c4ccccc4)[C@](O)(C[C@@H]1OC(=O)[C@H](OC(=O)CCCC(=O)N[C@H](Cc1ccccc1)C(=O)N[C@H]1CSSC[C@@H](C(=O)N[C@H](C(N)=O)[C@@H](C)O)NC(=O)[C@H](CCCCN)NC(=O)[C@@H](Cc4c[nH]c5ccccc45)NC(=O)[C@H](Cc4ccc(O)cc4)NC1=O)[C@@H](NC(=O)OC(C)(C)C)c1ccccc1)C2(C)C)[C@]1(O)CO[C@@H]1C[C@@H]3O.[Ac].[Ac]. The van der Waals surface area contributed by atoms with Crippen molar-refractivity contribution in [3.63, 3.8) is 0 Å². The quantitative estimate of drug-likeness (QED) is 0.0105. The number of amides is 9. The molecule has 9 amide bonds. The molecule has 2 radical (unpaired) electrons. The number of benzene rings is 5. The predicted molar refractivity (Wildman–Crippen MR) is 468 cm³/mol. The number of H-pyrrole nitrogens is 1. The number of aliphatic hydroxyl groups excluding tert-OH is 3. The van der Waals surface area contributed by atoms with Crippen LogP contribution in [0, 0.1) is 105 Å². The van der Waals surface area contributed by atoms with E-state index < -0.39 is 228 Å². The number of para-hydroxylation sites is 1. The fourth-order valence-electron chi connectivity index (χ4n) is 17.4. The van der Waals surface area contributed by atoms with Gasteiger partial charge >= 0.3 is 24.0 Å². The number of aromatic nitrogens is 1. The molecule has 0 spiro atoms. The summed E-state index contributed by atoms with van der Waals surface area (Å²) in [6.07, 6.45) is -14.5. The van der Waals surface area contributed by atoms with Crippen LogP contribution in [0.3, 0.4) is 0 Å². The molecule has 2 bridgehead atoms. The Balaban J connectivity index is 0.00000952. The van der Waals surface area contributed by atoms with Crippen molar-refractivity contribution in [1.29, 1.82) is 0 Å². The molecule has 2 aliphatic heterocycles. The monoisotopic (exact) mass is 2260 g/mol. The van der Waals surface area contributed by atoms with Gasteiger partial charge in [0.25, 0.3) is 0 Å². The van der Waals surface area contributed by atoms with E-state index in [1.165, 1.54) is 83.1 Å². The summed E-state index contributed by atoms with van der Waals surface area (Å²) in [5.41, 5.74) is 3.79. The molecule has 0 unspecified atom stereocenters. The van der Waals surface area contributed by atoms with Crippen LogP contribution in [0.2, 0.25) is 0 Å². The first-order valence-corrected chi connectivity index (χ1v) is 44.9. The summed E-state index contributed by atoms with van der Waals surface area (Å²) in [5, 5.41) is 94.4. The first kappa shape index (κ1) is 105. The number of aromatic hydroxyl groups is 1. The molecule has 19 N–H and O–H groups in total. The molecule has 2 saturated heterocycles. The maximum Gasteiger partial charge on any atom is 0.408 e. The second-order valence-corrected chi connectivity index (χ2v) is 37.4. The molecule has 5 aliphatic rings. The van der Waals surface area contributed by atoms with Crippen molar-refractivity contribution >= 4 is 110 Å². The number of fused-ring (bicyclic) bond motifs is 6. The third-order valence-electron chi connectivity index (χ3n) is 24.4. The van der Waals surface area contributed by atoms with Gasteiger partial charge in [-0.25, -0.2) is 14.4 Å². The van der Waals surface area contributed by atoms with Crippen LogP contribution in [-0.4, -0.2) is 239 Å². The van der Waals surface area contributed by atoms with Gasteiger partial charge in [-0.3, -0.25) is 47.9 Å². The minimum absolute atomic E-state index is 0. The molecule has 3 aliphatic carbocycles. The van der Waals surface area contributed by atoms with Crippen LogP contribution >= 0.6 is 21.6 Å². The van der Waals surface area contributed by atoms with Crippen LogP contribution in [0.25, 0.3) is 10.9 Å². The summed E-state index contributed by atoms with van der Waals surface area (Å²) in [6.45, 7) is 11.4. The van der Waals surface area contributed by atoms with E-state index >= 15 is 28.8 Å². The number of ketones is 1. The Bertz CT molecular complexity index is 5090. The topological polar surface area (TPSA) is 554 Å². The Labute approximate surface area is 831 Å². The van der Waals surface area contributed by atoms with Gasteiger partial charge in [-0.05, 0) is 138 Å². The third-order valence-corrected chi connectivity index (χ3v) is 26.9. The predicted octanol–water partition coefficient (Wildman–Crippen LogP) is 3.11. The number of alkyl carbamates (subject to hydrolysis) is 1. The number of rotatable bonds is 29. The van der Waals surface area contributed by atoms with Crippen LogP contribution in [-0.2, 0) is 95.7 Å². The summed E-state index contributed by atoms with van der Waals surface area (Å²) in [5.74, 6) is -14.8. The van der Waals surface area contributed by atoms with Crippen molar-refractivity contribution in [2.45, 2.75) is 234 Å². The number of esters is 3. The molecule has 694 valence electrons. The van der Waals surface area contributed by atoms with Crippen LogP contribution in [0.4, 0.5) is 4.79 Å². The van der Waals surface area contributed by atoms with E-state index in [0.717, 1.165) is 21.6 Å². The molecule has 2 saturated carbocycles. The number of hydrogen-bond donors (Lipinski definition) is 17. The molecule has 39 heteroatoms. The summed E-state index contributed by atoms with van der Waals surface area (Å²) < 4.78 is 30.3. The van der Waals surface area contributed by atoms with Crippen molar-refractivity contribution in [2.24, 2.45) is 28.2 Å². The Hall–Kier alpha value is -8.41. The summed E-state index contributed by atoms with van der Waals surface area (Å²) >= 11 is 0. The normalized spacial score (nSPS) is 26.4. The Morgan fingerprint density at radius 1 is 0.700 bits per heavy atom. The first-order chi connectivity index (χ1) is 60.6. The number of nitrogens with one attached hydrogen (secondary N) is 9. The largest absolute Gasteiger partial charge is 0.508 e. The van der Waals surface area contributed by atoms with Gasteiger partial charge in [-0.15, -0.1) is 0 Å². The van der Waals surface area contributed by atoms with E-state index in [1.54, 1.807) is 118 Å². The van der Waals surface area contributed by atoms with Gasteiger partial charge in [0.1, 0.15) is 89.2 Å². The van der Waals surface area contributed by atoms with Crippen LogP contribution in [0.5, 0.6) is 5.75 Å². The van der Waals surface area contributed by atoms with Gasteiger partial charge in [0, 0.05) is 173 Å². The average Bonchev–Trinajstić information content (AvgIpc) is 0.706. The van der Waals surface area contributed by atoms with Crippen LogP contribution in [0.1, 0.15) is 145 Å². The standard InChI is InChI=1S/C91H113N11O24S2.2Ac/c1-48-64(43-91(121)76(125-84(117)53-27-16-11-17-28-53)74-89(8,65(105)42-66-90(74,120)47-122-66)75(109)72(108)69(48)88(91,6)7)123-85(118)73(71(52-25-14-10-15-26-52)102-86(119)126-87(3,4)5)124-68(107)33-22-32-67(106)95-59(39-50-23-12-9-13-24-50)79(112)100-62-45-127-128-46-63(83(116)101-70(49(2)103)77(93)110)99-78(111)58(31-20-21-38-92)96-81(114)61(41-54-44-94-57-30-19-18-29-56(54)57)98-80(113)60(97-82(62)115)40-51-34-36-55(104)37-35-51;;/h9-19,23-30,34-37,44,49,58-66,70-74,76,94,103-105,108,120-121H,20-22,31-33,38-43,45-47,92H2,1-8H3,(H2,93,110)(H,95,106)(H,96,114)(H,97,115)(H,98,113)(H,99,111)(H,100,112)(H,101,116)(H,102,119);;/t49-,58+,59-,60+,61-,62+,63+,64+,65+,66-,70+,71+,72-,73-,74+,76+,89-,90+,91-;;/m1../s1. The van der Waals surface area contributed by atoms with Gasteiger partial charge in [0.15, 0.2) is 5.78 Å².